The lowest BCUT2D eigenvalue weighted by Gasteiger charge is -2.39. The van der Waals surface area contributed by atoms with Crippen LogP contribution < -0.4 is 4.74 Å². The molecule has 2 aliphatic heterocycles. The van der Waals surface area contributed by atoms with Crippen LogP contribution in [-0.2, 0) is 10.4 Å². The second kappa shape index (κ2) is 7.14. The number of nitrogens with zero attached hydrogens (tertiary/aromatic N) is 1. The lowest BCUT2D eigenvalue weighted by atomic mass is 9.85. The fourth-order valence-corrected chi connectivity index (χ4v) is 3.68. The molecular weight excluding hydrogens is 300 g/mol. The van der Waals surface area contributed by atoms with E-state index >= 15 is 4.39 Å². The van der Waals surface area contributed by atoms with Gasteiger partial charge in [-0.3, -0.25) is 0 Å². The number of hydrogen-bond donors (Lipinski definition) is 0. The topological polar surface area (TPSA) is 21.7 Å². The molecule has 0 aliphatic carbocycles. The Morgan fingerprint density at radius 1 is 1.26 bits per heavy atom. The summed E-state index contributed by atoms with van der Waals surface area (Å²) in [5.74, 6) is 0.675. The third-order valence-electron chi connectivity index (χ3n) is 5.15. The molecule has 128 valence electrons. The minimum Gasteiger partial charge on any atom is -0.496 e. The maximum atomic E-state index is 15.4. The van der Waals surface area contributed by atoms with Crippen molar-refractivity contribution >= 4 is 0 Å². The predicted octanol–water partition coefficient (Wildman–Crippen LogP) is 3.52. The highest BCUT2D eigenvalue weighted by molar-refractivity contribution is 5.39. The Kier molecular flexibility index (Phi) is 5.17. The number of hydrogen-bond acceptors (Lipinski definition) is 3. The lowest BCUT2D eigenvalue weighted by molar-refractivity contribution is 0.0217. The Morgan fingerprint density at radius 2 is 1.96 bits per heavy atom. The minimum absolute atomic E-state index is 0.353. The molecule has 2 fully saturated rings. The van der Waals surface area contributed by atoms with Gasteiger partial charge in [-0.2, -0.15) is 0 Å². The van der Waals surface area contributed by atoms with Gasteiger partial charge in [0.05, 0.1) is 7.11 Å². The quantitative estimate of drug-likeness (QED) is 0.845. The number of methoxy groups -OCH3 is 1. The van der Waals surface area contributed by atoms with Crippen LogP contribution in [0.5, 0.6) is 5.75 Å². The molecule has 0 atom stereocenters. The van der Waals surface area contributed by atoms with E-state index in [0.29, 0.717) is 43.2 Å². The number of alkyl halides is 1. The molecule has 5 heteroatoms. The average Bonchev–Trinajstić information content (AvgIpc) is 2.58. The van der Waals surface area contributed by atoms with Crippen LogP contribution in [-0.4, -0.2) is 44.9 Å². The van der Waals surface area contributed by atoms with Crippen LogP contribution in [0.25, 0.3) is 0 Å². The first-order valence-electron chi connectivity index (χ1n) is 8.44. The van der Waals surface area contributed by atoms with Gasteiger partial charge in [0, 0.05) is 38.4 Å². The number of piperidine rings is 1. The molecule has 1 aromatic carbocycles. The molecule has 2 saturated heterocycles. The second-order valence-electron chi connectivity index (χ2n) is 6.67. The molecule has 2 heterocycles. The maximum absolute atomic E-state index is 15.4. The first-order valence-corrected chi connectivity index (χ1v) is 8.44. The van der Waals surface area contributed by atoms with Crippen LogP contribution in [0.3, 0.4) is 0 Å². The maximum Gasteiger partial charge on any atom is 0.142 e. The van der Waals surface area contributed by atoms with Gasteiger partial charge in [-0.15, -0.1) is 0 Å². The van der Waals surface area contributed by atoms with Gasteiger partial charge in [-0.05, 0) is 49.8 Å². The number of ether oxygens (including phenoxy) is 2. The summed E-state index contributed by atoms with van der Waals surface area (Å²) < 4.78 is 39.6. The van der Waals surface area contributed by atoms with Crippen molar-refractivity contribution in [1.82, 2.24) is 4.90 Å². The van der Waals surface area contributed by atoms with Crippen LogP contribution in [0.4, 0.5) is 8.78 Å². The molecule has 0 saturated carbocycles. The zero-order valence-corrected chi connectivity index (χ0v) is 13.7. The molecule has 3 nitrogen and oxygen atoms in total. The van der Waals surface area contributed by atoms with Gasteiger partial charge < -0.3 is 14.4 Å². The van der Waals surface area contributed by atoms with Crippen LogP contribution in [0.2, 0.25) is 0 Å². The third kappa shape index (κ3) is 3.83. The van der Waals surface area contributed by atoms with Crippen LogP contribution >= 0.6 is 0 Å². The van der Waals surface area contributed by atoms with E-state index in [2.05, 4.69) is 4.90 Å². The number of halogens is 2. The zero-order chi connectivity index (χ0) is 16.3. The van der Waals surface area contributed by atoms with Crippen molar-refractivity contribution in [3.63, 3.8) is 0 Å². The summed E-state index contributed by atoms with van der Waals surface area (Å²) in [5, 5.41) is 0. The molecule has 0 unspecified atom stereocenters. The highest BCUT2D eigenvalue weighted by Gasteiger charge is 2.39. The summed E-state index contributed by atoms with van der Waals surface area (Å²) in [5.41, 5.74) is -1.15. The monoisotopic (exact) mass is 325 g/mol. The van der Waals surface area contributed by atoms with E-state index in [1.807, 2.05) is 0 Å². The summed E-state index contributed by atoms with van der Waals surface area (Å²) >= 11 is 0. The molecule has 1 aromatic rings. The minimum atomic E-state index is -1.50. The standard InChI is InChI=1S/C18H25F2NO2/c1-22-17-3-2-15(19)12-16(17)18(20)6-8-21(9-7-18)13-14-4-10-23-11-5-14/h2-3,12,14H,4-11,13H2,1H3. The van der Waals surface area contributed by atoms with Gasteiger partial charge in [0.25, 0.3) is 0 Å². The predicted molar refractivity (Wildman–Crippen MR) is 85.0 cm³/mol. The highest BCUT2D eigenvalue weighted by atomic mass is 19.1. The smallest absolute Gasteiger partial charge is 0.142 e. The van der Waals surface area contributed by atoms with Crippen LogP contribution in [0.1, 0.15) is 31.2 Å². The van der Waals surface area contributed by atoms with Gasteiger partial charge in [0.1, 0.15) is 17.2 Å². The summed E-state index contributed by atoms with van der Waals surface area (Å²) in [6.45, 7) is 4.10. The summed E-state index contributed by atoms with van der Waals surface area (Å²) in [7, 11) is 1.50. The third-order valence-corrected chi connectivity index (χ3v) is 5.15. The van der Waals surface area contributed by atoms with E-state index in [1.165, 1.54) is 25.3 Å². The van der Waals surface area contributed by atoms with Crippen molar-refractivity contribution in [2.75, 3.05) is 40.0 Å². The lowest BCUT2D eigenvalue weighted by Crippen LogP contribution is -2.43. The first-order chi connectivity index (χ1) is 11.1. The molecule has 23 heavy (non-hydrogen) atoms. The van der Waals surface area contributed by atoms with Crippen LogP contribution in [0.15, 0.2) is 18.2 Å². The molecule has 0 aromatic heterocycles. The van der Waals surface area contributed by atoms with Crippen molar-refractivity contribution in [2.24, 2.45) is 5.92 Å². The molecule has 0 bridgehead atoms. The molecule has 0 N–H and O–H groups in total. The molecule has 3 rings (SSSR count). The Hall–Kier alpha value is -1.20. The van der Waals surface area contributed by atoms with Crippen molar-refractivity contribution in [3.8, 4) is 5.75 Å². The summed E-state index contributed by atoms with van der Waals surface area (Å²) in [6.07, 6.45) is 2.95. The normalized spacial score (nSPS) is 22.9. The molecule has 2 aliphatic rings. The van der Waals surface area contributed by atoms with Crippen molar-refractivity contribution in [1.29, 1.82) is 0 Å². The Labute approximate surface area is 136 Å². The number of likely N-dealkylation sites (tertiary alicyclic amines) is 1. The van der Waals surface area contributed by atoms with Gasteiger partial charge >= 0.3 is 0 Å². The van der Waals surface area contributed by atoms with E-state index in [9.17, 15) is 4.39 Å². The molecule has 0 spiro atoms. The van der Waals surface area contributed by atoms with Crippen LogP contribution in [0, 0.1) is 11.7 Å². The Balaban J connectivity index is 1.64. The Morgan fingerprint density at radius 3 is 2.61 bits per heavy atom. The van der Waals surface area contributed by atoms with Gasteiger partial charge in [-0.25, -0.2) is 8.78 Å². The fraction of sp³-hybridized carbons (Fsp3) is 0.667. The van der Waals surface area contributed by atoms with Gasteiger partial charge in [0.15, 0.2) is 0 Å². The van der Waals surface area contributed by atoms with E-state index < -0.39 is 11.5 Å². The Bertz CT molecular complexity index is 524. The highest BCUT2D eigenvalue weighted by Crippen LogP contribution is 2.42. The van der Waals surface area contributed by atoms with Gasteiger partial charge in [-0.1, -0.05) is 0 Å². The largest absolute Gasteiger partial charge is 0.496 e. The van der Waals surface area contributed by atoms with Crippen molar-refractivity contribution in [2.45, 2.75) is 31.4 Å². The number of benzene rings is 1. The fourth-order valence-electron chi connectivity index (χ4n) is 3.68. The van der Waals surface area contributed by atoms with Gasteiger partial charge in [0.2, 0.25) is 0 Å². The van der Waals surface area contributed by atoms with E-state index in [0.717, 1.165) is 32.6 Å². The SMILES string of the molecule is COc1ccc(F)cc1C1(F)CCN(CC2CCOCC2)CC1. The molecule has 0 amide bonds. The van der Waals surface area contributed by atoms with Crippen molar-refractivity contribution < 1.29 is 18.3 Å². The summed E-state index contributed by atoms with van der Waals surface area (Å²) in [6, 6.07) is 4.11. The number of rotatable bonds is 4. The molecule has 0 radical (unpaired) electrons. The van der Waals surface area contributed by atoms with E-state index in [1.54, 1.807) is 0 Å². The first kappa shape index (κ1) is 16.7. The zero-order valence-electron chi connectivity index (χ0n) is 13.7. The second-order valence-corrected chi connectivity index (χ2v) is 6.67. The van der Waals surface area contributed by atoms with Crippen molar-refractivity contribution in [3.05, 3.63) is 29.6 Å². The molecular formula is C18H25F2NO2. The average molecular weight is 325 g/mol. The summed E-state index contributed by atoms with van der Waals surface area (Å²) in [4.78, 5) is 2.33. The van der Waals surface area contributed by atoms with E-state index in [4.69, 9.17) is 9.47 Å². The van der Waals surface area contributed by atoms with E-state index in [-0.39, 0.29) is 0 Å².